The smallest absolute Gasteiger partial charge is 0.0438 e. The second-order valence-corrected chi connectivity index (χ2v) is 7.30. The average Bonchev–Trinajstić information content (AvgIpc) is 2.69. The van der Waals surface area contributed by atoms with E-state index >= 15 is 0 Å². The van der Waals surface area contributed by atoms with Crippen LogP contribution in [0.15, 0.2) is 34.8 Å². The highest BCUT2D eigenvalue weighted by Gasteiger charge is 2.08. The molecule has 0 aliphatic carbocycles. The first-order valence-corrected chi connectivity index (χ1v) is 8.26. The lowest BCUT2D eigenvalue weighted by molar-refractivity contribution is 0.549. The highest BCUT2D eigenvalue weighted by Crippen LogP contribution is 2.26. The van der Waals surface area contributed by atoms with Crippen molar-refractivity contribution in [3.63, 3.8) is 0 Å². The van der Waals surface area contributed by atoms with Gasteiger partial charge in [-0.3, -0.25) is 0 Å². The normalized spacial score (nSPS) is 12.6. The summed E-state index contributed by atoms with van der Waals surface area (Å²) in [6.07, 6.45) is 0.950. The molecule has 0 saturated heterocycles. The summed E-state index contributed by atoms with van der Waals surface area (Å²) in [6, 6.07) is 10.6. The first-order chi connectivity index (χ1) is 9.06. The van der Waals surface area contributed by atoms with Crippen LogP contribution in [-0.2, 0) is 13.0 Å². The third-order valence-corrected chi connectivity index (χ3v) is 5.52. The zero-order valence-electron chi connectivity index (χ0n) is 11.0. The predicted octanol–water partition coefficient (Wildman–Crippen LogP) is 5.19. The number of hydrogen-bond acceptors (Lipinski definition) is 2. The summed E-state index contributed by atoms with van der Waals surface area (Å²) in [5, 5.41) is 4.40. The first-order valence-electron chi connectivity index (χ1n) is 6.28. The second kappa shape index (κ2) is 6.89. The van der Waals surface area contributed by atoms with Crippen LogP contribution in [0.25, 0.3) is 0 Å². The van der Waals surface area contributed by atoms with Gasteiger partial charge in [0.1, 0.15) is 0 Å². The van der Waals surface area contributed by atoms with Gasteiger partial charge in [0, 0.05) is 31.8 Å². The van der Waals surface area contributed by atoms with E-state index in [0.717, 1.165) is 18.0 Å². The maximum absolute atomic E-state index is 6.18. The van der Waals surface area contributed by atoms with Crippen molar-refractivity contribution in [2.45, 2.75) is 32.9 Å². The molecule has 1 aromatic heterocycles. The fourth-order valence-corrected chi connectivity index (χ4v) is 3.71. The number of nitrogens with one attached hydrogen (secondary N) is 1. The van der Waals surface area contributed by atoms with E-state index in [-0.39, 0.29) is 0 Å². The molecule has 2 rings (SSSR count). The molecule has 0 aliphatic heterocycles. The molecule has 0 spiro atoms. The fraction of sp³-hybridized carbons (Fsp3) is 0.333. The van der Waals surface area contributed by atoms with Crippen LogP contribution in [0.3, 0.4) is 0 Å². The third kappa shape index (κ3) is 4.32. The highest BCUT2D eigenvalue weighted by molar-refractivity contribution is 9.10. The van der Waals surface area contributed by atoms with E-state index in [0.29, 0.717) is 6.04 Å². The van der Waals surface area contributed by atoms with Gasteiger partial charge in [0.15, 0.2) is 0 Å². The molecule has 1 unspecified atom stereocenters. The van der Waals surface area contributed by atoms with Gasteiger partial charge in [0.25, 0.3) is 0 Å². The lowest BCUT2D eigenvalue weighted by Gasteiger charge is -2.14. The molecule has 1 nitrogen and oxygen atoms in total. The molecule has 19 heavy (non-hydrogen) atoms. The van der Waals surface area contributed by atoms with Crippen molar-refractivity contribution < 1.29 is 0 Å². The number of aryl methyl sites for hydroxylation is 1. The molecular formula is C15H17BrClNS. The van der Waals surface area contributed by atoms with Gasteiger partial charge < -0.3 is 5.32 Å². The van der Waals surface area contributed by atoms with Crippen LogP contribution in [-0.4, -0.2) is 6.04 Å². The molecular weight excluding hydrogens is 342 g/mol. The molecule has 1 atom stereocenters. The Balaban J connectivity index is 1.88. The van der Waals surface area contributed by atoms with Crippen molar-refractivity contribution >= 4 is 38.9 Å². The van der Waals surface area contributed by atoms with Gasteiger partial charge in [0.05, 0.1) is 0 Å². The third-order valence-electron chi connectivity index (χ3n) is 3.02. The van der Waals surface area contributed by atoms with E-state index in [1.165, 1.54) is 19.8 Å². The van der Waals surface area contributed by atoms with Crippen molar-refractivity contribution in [3.8, 4) is 0 Å². The average molecular weight is 359 g/mol. The molecule has 0 saturated carbocycles. The Bertz CT molecular complexity index is 533. The molecule has 102 valence electrons. The molecule has 1 aromatic carbocycles. The van der Waals surface area contributed by atoms with Crippen LogP contribution in [0.5, 0.6) is 0 Å². The zero-order chi connectivity index (χ0) is 13.8. The van der Waals surface area contributed by atoms with Crippen LogP contribution in [0.1, 0.15) is 22.2 Å². The summed E-state index contributed by atoms with van der Waals surface area (Å²) in [5.41, 5.74) is 1.20. The van der Waals surface area contributed by atoms with E-state index in [9.17, 15) is 0 Å². The largest absolute Gasteiger partial charge is 0.309 e. The lowest BCUT2D eigenvalue weighted by Crippen LogP contribution is -2.27. The van der Waals surface area contributed by atoms with Crippen molar-refractivity contribution in [2.24, 2.45) is 0 Å². The molecule has 0 amide bonds. The van der Waals surface area contributed by atoms with Crippen molar-refractivity contribution in [3.05, 3.63) is 55.1 Å². The Hall–Kier alpha value is -0.350. The van der Waals surface area contributed by atoms with Crippen molar-refractivity contribution in [1.29, 1.82) is 0 Å². The maximum Gasteiger partial charge on any atom is 0.0438 e. The van der Waals surface area contributed by atoms with E-state index in [4.69, 9.17) is 11.6 Å². The minimum Gasteiger partial charge on any atom is -0.309 e. The number of rotatable bonds is 5. The number of benzene rings is 1. The van der Waals surface area contributed by atoms with Crippen molar-refractivity contribution in [1.82, 2.24) is 5.32 Å². The molecule has 0 bridgehead atoms. The Morgan fingerprint density at radius 2 is 2.11 bits per heavy atom. The van der Waals surface area contributed by atoms with Gasteiger partial charge in [-0.1, -0.05) is 29.8 Å². The Morgan fingerprint density at radius 3 is 2.74 bits per heavy atom. The summed E-state index contributed by atoms with van der Waals surface area (Å²) >= 11 is 11.6. The topological polar surface area (TPSA) is 12.0 Å². The molecule has 1 heterocycles. The molecule has 1 N–H and O–H groups in total. The van der Waals surface area contributed by atoms with Gasteiger partial charge in [-0.05, 0) is 53.9 Å². The summed E-state index contributed by atoms with van der Waals surface area (Å²) in [7, 11) is 0. The van der Waals surface area contributed by atoms with Gasteiger partial charge in [-0.15, -0.1) is 11.3 Å². The summed E-state index contributed by atoms with van der Waals surface area (Å²) < 4.78 is 1.20. The molecule has 2 aromatic rings. The monoisotopic (exact) mass is 357 g/mol. The molecule has 0 radical (unpaired) electrons. The second-order valence-electron chi connectivity index (χ2n) is 4.69. The fourth-order valence-electron chi connectivity index (χ4n) is 1.95. The van der Waals surface area contributed by atoms with Gasteiger partial charge >= 0.3 is 0 Å². The number of halogens is 2. The lowest BCUT2D eigenvalue weighted by atomic mass is 10.1. The quantitative estimate of drug-likeness (QED) is 0.775. The standard InChI is InChI=1S/C15H17BrClNS/c1-10(7-12-5-3-4-6-15(12)17)18-9-13-8-14(16)11(2)19-13/h3-6,8,10,18H,7,9H2,1-2H3. The van der Waals surface area contributed by atoms with Gasteiger partial charge in [-0.2, -0.15) is 0 Å². The summed E-state index contributed by atoms with van der Waals surface area (Å²) in [4.78, 5) is 2.69. The number of hydrogen-bond donors (Lipinski definition) is 1. The minimum atomic E-state index is 0.404. The number of thiophene rings is 1. The van der Waals surface area contributed by atoms with Crippen molar-refractivity contribution in [2.75, 3.05) is 0 Å². The Labute approximate surface area is 132 Å². The SMILES string of the molecule is Cc1sc(CNC(C)Cc2ccccc2Cl)cc1Br. The van der Waals surface area contributed by atoms with Crippen LogP contribution in [0.4, 0.5) is 0 Å². The van der Waals surface area contributed by atoms with E-state index in [2.05, 4.69) is 47.2 Å². The van der Waals surface area contributed by atoms with Gasteiger partial charge in [-0.25, -0.2) is 0 Å². The minimum absolute atomic E-state index is 0.404. The van der Waals surface area contributed by atoms with Crippen LogP contribution in [0.2, 0.25) is 5.02 Å². The van der Waals surface area contributed by atoms with Crippen LogP contribution in [0, 0.1) is 6.92 Å². The molecule has 0 aliphatic rings. The predicted molar refractivity (Wildman–Crippen MR) is 88.2 cm³/mol. The Kier molecular flexibility index (Phi) is 5.46. The van der Waals surface area contributed by atoms with Crippen LogP contribution >= 0.6 is 38.9 Å². The van der Waals surface area contributed by atoms with E-state index in [1.54, 1.807) is 0 Å². The van der Waals surface area contributed by atoms with Gasteiger partial charge in [0.2, 0.25) is 0 Å². The molecule has 0 fully saturated rings. The Morgan fingerprint density at radius 1 is 1.37 bits per heavy atom. The highest BCUT2D eigenvalue weighted by atomic mass is 79.9. The summed E-state index contributed by atoms with van der Waals surface area (Å²) in [6.45, 7) is 5.23. The zero-order valence-corrected chi connectivity index (χ0v) is 14.2. The van der Waals surface area contributed by atoms with E-state index < -0.39 is 0 Å². The van der Waals surface area contributed by atoms with Crippen LogP contribution < -0.4 is 5.32 Å². The van der Waals surface area contributed by atoms with E-state index in [1.807, 2.05) is 29.5 Å². The molecule has 4 heteroatoms. The first kappa shape index (κ1) is 15.0. The maximum atomic E-state index is 6.18. The summed E-state index contributed by atoms with van der Waals surface area (Å²) in [5.74, 6) is 0.